The molecule has 0 aromatic heterocycles. The molecule has 1 aliphatic rings. The molecule has 1 amide bonds. The lowest BCUT2D eigenvalue weighted by Crippen LogP contribution is -2.22. The molecule has 3 aromatic rings. The zero-order valence-corrected chi connectivity index (χ0v) is 19.7. The van der Waals surface area contributed by atoms with E-state index in [2.05, 4.69) is 10.0 Å². The number of anilines is 1. The minimum atomic E-state index is -3.69. The predicted octanol–water partition coefficient (Wildman–Crippen LogP) is 4.84. The Balaban J connectivity index is 1.36. The van der Waals surface area contributed by atoms with Crippen molar-refractivity contribution >= 4 is 39.3 Å². The van der Waals surface area contributed by atoms with Gasteiger partial charge in [-0.05, 0) is 53.6 Å². The molecule has 0 unspecified atom stereocenters. The van der Waals surface area contributed by atoms with Crippen LogP contribution in [0.15, 0.2) is 72.1 Å². The third kappa shape index (κ3) is 6.30. The molecule has 7 nitrogen and oxygen atoms in total. The summed E-state index contributed by atoms with van der Waals surface area (Å²) in [6, 6.07) is 18.8. The summed E-state index contributed by atoms with van der Waals surface area (Å²) in [5, 5.41) is 4.36. The number of amides is 1. The lowest BCUT2D eigenvalue weighted by Gasteiger charge is -2.12. The van der Waals surface area contributed by atoms with Crippen LogP contribution in [-0.2, 0) is 16.6 Å². The summed E-state index contributed by atoms with van der Waals surface area (Å²) in [6.07, 6.45) is 2.28. The molecule has 2 N–H and O–H groups in total. The molecule has 3 aromatic carbocycles. The quantitative estimate of drug-likeness (QED) is 0.486. The van der Waals surface area contributed by atoms with E-state index in [1.165, 1.54) is 18.2 Å². The lowest BCUT2D eigenvalue weighted by atomic mass is 10.1. The van der Waals surface area contributed by atoms with Gasteiger partial charge in [0.15, 0.2) is 11.5 Å². The van der Waals surface area contributed by atoms with Crippen molar-refractivity contribution in [1.82, 2.24) is 5.32 Å². The molecule has 0 saturated carbocycles. The van der Waals surface area contributed by atoms with E-state index < -0.39 is 10.0 Å². The number of hydrogen-bond acceptors (Lipinski definition) is 5. The van der Waals surface area contributed by atoms with Crippen LogP contribution < -0.4 is 19.5 Å². The summed E-state index contributed by atoms with van der Waals surface area (Å²) in [7, 11) is -3.69. The minimum Gasteiger partial charge on any atom is -0.489 e. The summed E-state index contributed by atoms with van der Waals surface area (Å²) in [6.45, 7) is 1.32. The normalized spacial score (nSPS) is 13.3. The van der Waals surface area contributed by atoms with Crippen molar-refractivity contribution in [3.05, 3.63) is 93.9 Å². The van der Waals surface area contributed by atoms with E-state index in [1.807, 2.05) is 18.2 Å². The first-order valence-corrected chi connectivity index (χ1v) is 12.5. The highest BCUT2D eigenvalue weighted by Crippen LogP contribution is 2.38. The second kappa shape index (κ2) is 10.6. The minimum absolute atomic E-state index is 0.244. The molecule has 0 radical (unpaired) electrons. The van der Waals surface area contributed by atoms with Crippen molar-refractivity contribution in [2.24, 2.45) is 0 Å². The van der Waals surface area contributed by atoms with Crippen LogP contribution in [0.5, 0.6) is 11.5 Å². The summed E-state index contributed by atoms with van der Waals surface area (Å²) >= 11 is 6.30. The molecule has 0 bridgehead atoms. The Labute approximate surface area is 203 Å². The Morgan fingerprint density at radius 2 is 1.74 bits per heavy atom. The first-order chi connectivity index (χ1) is 16.4. The molecule has 34 heavy (non-hydrogen) atoms. The molecule has 0 aliphatic carbocycles. The Morgan fingerprint density at radius 3 is 2.50 bits per heavy atom. The highest BCUT2D eigenvalue weighted by Gasteiger charge is 2.16. The molecule has 0 spiro atoms. The fourth-order valence-corrected chi connectivity index (χ4v) is 4.45. The van der Waals surface area contributed by atoms with Crippen molar-refractivity contribution in [3.8, 4) is 11.5 Å². The molecule has 1 heterocycles. The SMILES string of the molecule is O=C(NCc1cc(Cl)c2c(c1)OCCCO2)c1ccc(NS(=O)(=O)/C=C/c2ccccc2)cc1. The van der Waals surface area contributed by atoms with Gasteiger partial charge in [-0.1, -0.05) is 41.9 Å². The number of sulfonamides is 1. The van der Waals surface area contributed by atoms with Gasteiger partial charge in [0.1, 0.15) is 0 Å². The molecule has 176 valence electrons. The monoisotopic (exact) mass is 498 g/mol. The van der Waals surface area contributed by atoms with E-state index in [-0.39, 0.29) is 12.5 Å². The standard InChI is InChI=1S/C25H23ClN2O5S/c26-22-15-19(16-23-24(22)33-13-4-12-32-23)17-27-25(29)20-7-9-21(10-8-20)28-34(30,31)14-11-18-5-2-1-3-6-18/h1-3,5-11,14-16,28H,4,12-13,17H2,(H,27,29)/b14-11+. The van der Waals surface area contributed by atoms with Gasteiger partial charge in [0, 0.05) is 24.2 Å². The molecule has 1 aliphatic heterocycles. The van der Waals surface area contributed by atoms with Crippen LogP contribution in [0.4, 0.5) is 5.69 Å². The smallest absolute Gasteiger partial charge is 0.255 e. The molecule has 0 atom stereocenters. The first kappa shape index (κ1) is 23.7. The average molecular weight is 499 g/mol. The molecule has 4 rings (SSSR count). The highest BCUT2D eigenvalue weighted by atomic mass is 35.5. The lowest BCUT2D eigenvalue weighted by molar-refractivity contribution is 0.0951. The van der Waals surface area contributed by atoms with Gasteiger partial charge in [-0.3, -0.25) is 9.52 Å². The van der Waals surface area contributed by atoms with Gasteiger partial charge in [-0.2, -0.15) is 0 Å². The van der Waals surface area contributed by atoms with Gasteiger partial charge in [-0.15, -0.1) is 0 Å². The van der Waals surface area contributed by atoms with Crippen LogP contribution in [0.2, 0.25) is 5.02 Å². The topological polar surface area (TPSA) is 93.7 Å². The molecular formula is C25H23ClN2O5S. The van der Waals surface area contributed by atoms with Gasteiger partial charge < -0.3 is 14.8 Å². The zero-order chi connectivity index (χ0) is 24.0. The predicted molar refractivity (Wildman–Crippen MR) is 133 cm³/mol. The van der Waals surface area contributed by atoms with E-state index in [1.54, 1.807) is 36.4 Å². The number of halogens is 1. The number of carbonyl (C=O) groups excluding carboxylic acids is 1. The van der Waals surface area contributed by atoms with Gasteiger partial charge >= 0.3 is 0 Å². The number of ether oxygens (including phenoxy) is 2. The zero-order valence-electron chi connectivity index (χ0n) is 18.2. The molecule has 0 fully saturated rings. The summed E-state index contributed by atoms with van der Waals surface area (Å²) < 4.78 is 38.3. The van der Waals surface area contributed by atoms with E-state index >= 15 is 0 Å². The van der Waals surface area contributed by atoms with Crippen molar-refractivity contribution < 1.29 is 22.7 Å². The average Bonchev–Trinajstić information content (AvgIpc) is 3.08. The highest BCUT2D eigenvalue weighted by molar-refractivity contribution is 7.95. The summed E-state index contributed by atoms with van der Waals surface area (Å²) in [5.74, 6) is 0.778. The van der Waals surface area contributed by atoms with E-state index in [0.29, 0.717) is 41.0 Å². The van der Waals surface area contributed by atoms with Gasteiger partial charge in [0.2, 0.25) is 0 Å². The molecular weight excluding hydrogens is 476 g/mol. The second-order valence-electron chi connectivity index (χ2n) is 7.58. The first-order valence-electron chi connectivity index (χ1n) is 10.6. The van der Waals surface area contributed by atoms with Gasteiger partial charge in [0.05, 0.1) is 23.6 Å². The van der Waals surface area contributed by atoms with E-state index in [0.717, 1.165) is 23.0 Å². The maximum atomic E-state index is 12.6. The molecule has 9 heteroatoms. The molecule has 0 saturated heterocycles. The van der Waals surface area contributed by atoms with Crippen molar-refractivity contribution in [1.29, 1.82) is 0 Å². The largest absolute Gasteiger partial charge is 0.489 e. The van der Waals surface area contributed by atoms with Crippen molar-refractivity contribution in [3.63, 3.8) is 0 Å². The number of fused-ring (bicyclic) bond motifs is 1. The van der Waals surface area contributed by atoms with Crippen LogP contribution in [0, 0.1) is 0 Å². The maximum Gasteiger partial charge on any atom is 0.255 e. The second-order valence-corrected chi connectivity index (χ2v) is 9.55. The number of hydrogen-bond donors (Lipinski definition) is 2. The fourth-order valence-electron chi connectivity index (χ4n) is 3.29. The number of carbonyl (C=O) groups is 1. The van der Waals surface area contributed by atoms with Crippen LogP contribution in [0.25, 0.3) is 6.08 Å². The Hall–Kier alpha value is -3.49. The Morgan fingerprint density at radius 1 is 1.00 bits per heavy atom. The van der Waals surface area contributed by atoms with Crippen LogP contribution in [-0.4, -0.2) is 27.5 Å². The van der Waals surface area contributed by atoms with Gasteiger partial charge in [0.25, 0.3) is 15.9 Å². The summed E-state index contributed by atoms with van der Waals surface area (Å²) in [5.41, 5.74) is 2.29. The van der Waals surface area contributed by atoms with Gasteiger partial charge in [-0.25, -0.2) is 8.42 Å². The third-order valence-corrected chi connectivity index (χ3v) is 6.26. The van der Waals surface area contributed by atoms with Crippen molar-refractivity contribution in [2.45, 2.75) is 13.0 Å². The van der Waals surface area contributed by atoms with Crippen LogP contribution >= 0.6 is 11.6 Å². The number of rotatable bonds is 7. The Bertz CT molecular complexity index is 1290. The maximum absolute atomic E-state index is 12.6. The number of benzene rings is 3. The fraction of sp³-hybridized carbons (Fsp3) is 0.160. The number of nitrogens with one attached hydrogen (secondary N) is 2. The van der Waals surface area contributed by atoms with E-state index in [9.17, 15) is 13.2 Å². The van der Waals surface area contributed by atoms with E-state index in [4.69, 9.17) is 21.1 Å². The third-order valence-electron chi connectivity index (χ3n) is 4.96. The summed E-state index contributed by atoms with van der Waals surface area (Å²) in [4.78, 5) is 12.6. The van der Waals surface area contributed by atoms with Crippen LogP contribution in [0.1, 0.15) is 27.9 Å². The van der Waals surface area contributed by atoms with Crippen molar-refractivity contribution in [2.75, 3.05) is 17.9 Å². The van der Waals surface area contributed by atoms with Crippen LogP contribution in [0.3, 0.4) is 0 Å². The Kier molecular flexibility index (Phi) is 7.40.